The maximum atomic E-state index is 13.0. The Morgan fingerprint density at radius 1 is 0.574 bits per heavy atom. The van der Waals surface area contributed by atoms with Crippen molar-refractivity contribution >= 4 is 17.8 Å². The maximum absolute atomic E-state index is 13.0. The Balaban J connectivity index is 1.42. The molecule has 0 unspecified atom stereocenters. The quantitative estimate of drug-likeness (QED) is 0.0606. The summed E-state index contributed by atoms with van der Waals surface area (Å²) in [4.78, 5) is 37.6. The molecule has 0 aromatic heterocycles. The number of ether oxygens (including phenoxy) is 9. The summed E-state index contributed by atoms with van der Waals surface area (Å²) in [6.45, 7) is -3.25. The molecule has 5 heterocycles. The Labute approximate surface area is 384 Å². The van der Waals surface area contributed by atoms with Gasteiger partial charge in [0.1, 0.15) is 116 Å². The summed E-state index contributed by atoms with van der Waals surface area (Å²) >= 11 is 0. The third-order valence-electron chi connectivity index (χ3n) is 12.1. The van der Waals surface area contributed by atoms with Crippen LogP contribution in [-0.2, 0) is 57.0 Å². The number of aliphatic hydroxyl groups excluding tert-OH is 16. The molecule has 31 nitrogen and oxygen atoms in total. The normalized spacial score (nSPS) is 46.6. The highest BCUT2D eigenvalue weighted by Gasteiger charge is 2.61. The van der Waals surface area contributed by atoms with Crippen LogP contribution in [0.1, 0.15) is 20.3 Å². The molecule has 31 heteroatoms. The summed E-state index contributed by atoms with van der Waals surface area (Å²) < 4.78 is 50.7. The second-order valence-electron chi connectivity index (χ2n) is 16.8. The lowest BCUT2D eigenvalue weighted by molar-refractivity contribution is -0.388. The van der Waals surface area contributed by atoms with Gasteiger partial charge in [-0.25, -0.2) is 4.79 Å². The third kappa shape index (κ3) is 11.8. The minimum Gasteiger partial charge on any atom is -0.477 e. The fourth-order valence-electron chi connectivity index (χ4n) is 8.54. The van der Waals surface area contributed by atoms with E-state index in [2.05, 4.69) is 10.6 Å². The third-order valence-corrected chi connectivity index (χ3v) is 12.1. The van der Waals surface area contributed by atoms with E-state index in [4.69, 9.17) is 42.6 Å². The lowest BCUT2D eigenvalue weighted by atomic mass is 9.88. The van der Waals surface area contributed by atoms with Gasteiger partial charge in [-0.1, -0.05) is 0 Å². The van der Waals surface area contributed by atoms with Gasteiger partial charge in [-0.05, 0) is 0 Å². The number of aliphatic hydroxyl groups is 16. The van der Waals surface area contributed by atoms with E-state index in [-0.39, 0.29) is 0 Å². The zero-order valence-corrected chi connectivity index (χ0v) is 36.2. The van der Waals surface area contributed by atoms with Gasteiger partial charge >= 0.3 is 5.97 Å². The second-order valence-corrected chi connectivity index (χ2v) is 16.8. The number of carboxylic acids is 1. The minimum atomic E-state index is -3.18. The number of carbonyl (C=O) groups excluding carboxylic acids is 2. The molecule has 5 fully saturated rings. The Morgan fingerprint density at radius 2 is 1.03 bits per heavy atom. The Bertz CT molecular complexity index is 1650. The molecule has 0 aromatic carbocycles. The predicted molar refractivity (Wildman–Crippen MR) is 207 cm³/mol. The molecule has 19 N–H and O–H groups in total. The Kier molecular flexibility index (Phi) is 19.7. The van der Waals surface area contributed by atoms with E-state index in [1.165, 1.54) is 0 Å². The largest absolute Gasteiger partial charge is 0.477 e. The molecular weight excluding hydrogens is 936 g/mol. The first-order valence-electron chi connectivity index (χ1n) is 21.2. The van der Waals surface area contributed by atoms with E-state index in [1.807, 2.05) is 0 Å². The Morgan fingerprint density at radius 3 is 1.56 bits per heavy atom. The van der Waals surface area contributed by atoms with E-state index < -0.39 is 216 Å². The molecule has 0 aliphatic carbocycles. The fourth-order valence-corrected chi connectivity index (χ4v) is 8.54. The number of carboxylic acid groups (broad SMARTS) is 1. The number of carbonyl (C=O) groups is 3. The molecule has 0 saturated carbocycles. The number of rotatable bonds is 18. The van der Waals surface area contributed by atoms with Gasteiger partial charge in [0.25, 0.3) is 5.79 Å². The van der Waals surface area contributed by atoms with Gasteiger partial charge in [0, 0.05) is 20.3 Å². The predicted octanol–water partition coefficient (Wildman–Crippen LogP) is -12.4. The van der Waals surface area contributed by atoms with Crippen molar-refractivity contribution in [1.82, 2.24) is 10.6 Å². The zero-order chi connectivity index (χ0) is 50.7. The van der Waals surface area contributed by atoms with Crippen molar-refractivity contribution < 1.29 is 144 Å². The van der Waals surface area contributed by atoms with Gasteiger partial charge in [-0.15, -0.1) is 0 Å². The number of aliphatic carboxylic acids is 1. The first-order chi connectivity index (χ1) is 32.0. The number of hydrogen-bond donors (Lipinski definition) is 19. The van der Waals surface area contributed by atoms with Crippen LogP contribution in [0, 0.1) is 0 Å². The monoisotopic (exact) mass is 998 g/mol. The molecule has 2 amide bonds. The van der Waals surface area contributed by atoms with Crippen LogP contribution in [0.15, 0.2) is 0 Å². The van der Waals surface area contributed by atoms with Crippen molar-refractivity contribution in [2.45, 2.75) is 179 Å². The van der Waals surface area contributed by atoms with Crippen LogP contribution in [0.3, 0.4) is 0 Å². The smallest absolute Gasteiger partial charge is 0.364 e. The second kappa shape index (κ2) is 23.8. The van der Waals surface area contributed by atoms with E-state index >= 15 is 0 Å². The summed E-state index contributed by atoms with van der Waals surface area (Å²) in [6.07, 6.45) is -47.1. The number of nitrogens with one attached hydrogen (secondary N) is 2. The first-order valence-corrected chi connectivity index (χ1v) is 21.2. The molecule has 68 heavy (non-hydrogen) atoms. The molecule has 26 atom stereocenters. The van der Waals surface area contributed by atoms with Crippen molar-refractivity contribution in [3.05, 3.63) is 0 Å². The van der Waals surface area contributed by atoms with Gasteiger partial charge in [-0.3, -0.25) is 9.59 Å². The van der Waals surface area contributed by atoms with Crippen LogP contribution in [0.4, 0.5) is 0 Å². The highest BCUT2D eigenvalue weighted by atomic mass is 16.8. The van der Waals surface area contributed by atoms with E-state index in [0.717, 1.165) is 13.8 Å². The topological polar surface area (TPSA) is 502 Å². The van der Waals surface area contributed by atoms with Crippen LogP contribution >= 0.6 is 0 Å². The molecule has 394 valence electrons. The summed E-state index contributed by atoms with van der Waals surface area (Å²) in [5.41, 5.74) is 0. The van der Waals surface area contributed by atoms with Crippen LogP contribution in [0.2, 0.25) is 0 Å². The van der Waals surface area contributed by atoms with Gasteiger partial charge in [0.15, 0.2) is 25.2 Å². The van der Waals surface area contributed by atoms with Gasteiger partial charge in [0.2, 0.25) is 11.8 Å². The van der Waals surface area contributed by atoms with Crippen molar-refractivity contribution in [2.24, 2.45) is 0 Å². The molecule has 5 rings (SSSR count). The van der Waals surface area contributed by atoms with Crippen LogP contribution in [-0.4, -0.2) is 297 Å². The average molecular weight is 999 g/mol. The standard InChI is InChI=1S/C37H62N2O29/c1-9(45)38-17-11(47)3-37(36(58)59,67-30(17)19(49)12(48)4-40)68-31-21(51)14(6-42)62-35(26(31)56)66-29-18(39-10(2)46)33(61-13(5-41)20(29)50)64-28-16(8-44)63-34(25(55)23(28)53)65-27-15(7-43)60-32(57)24(54)22(27)52/h11-35,40-44,47-57H,3-8H2,1-2H3,(H,38,45)(H,39,46)(H,58,59)/t11-,12+,13+,14+,15+,16+,17+,18+,19+,20-,21-,22+,23+,24+,25+,26+,27+,28-,29+,30+,31-,32-,33-,34-,35-,37-/m0/s1. The van der Waals surface area contributed by atoms with Crippen LogP contribution < -0.4 is 10.6 Å². The molecule has 0 radical (unpaired) electrons. The molecule has 5 saturated heterocycles. The summed E-state index contributed by atoms with van der Waals surface area (Å²) in [6, 6.07) is -3.47. The van der Waals surface area contributed by atoms with Crippen LogP contribution in [0.5, 0.6) is 0 Å². The molecule has 0 aromatic rings. The van der Waals surface area contributed by atoms with E-state index in [0.29, 0.717) is 0 Å². The maximum Gasteiger partial charge on any atom is 0.364 e. The van der Waals surface area contributed by atoms with Crippen LogP contribution in [0.25, 0.3) is 0 Å². The molecular formula is C37H62N2O29. The molecule has 0 bridgehead atoms. The molecule has 0 spiro atoms. The molecule has 5 aliphatic rings. The number of hydrogen-bond acceptors (Lipinski definition) is 28. The van der Waals surface area contributed by atoms with Crippen molar-refractivity contribution in [2.75, 3.05) is 33.0 Å². The lowest BCUT2D eigenvalue weighted by Crippen LogP contribution is -2.71. The summed E-state index contributed by atoms with van der Waals surface area (Å²) in [5.74, 6) is -6.96. The number of amides is 2. The van der Waals surface area contributed by atoms with Crippen molar-refractivity contribution in [3.63, 3.8) is 0 Å². The van der Waals surface area contributed by atoms with Gasteiger partial charge < -0.3 is 140 Å². The van der Waals surface area contributed by atoms with Gasteiger partial charge in [-0.2, -0.15) is 0 Å². The first kappa shape index (κ1) is 56.3. The van der Waals surface area contributed by atoms with Crippen molar-refractivity contribution in [3.8, 4) is 0 Å². The SMILES string of the molecule is CC(=O)N[C@H]1[C@H](O[C@@H]2[C@H](O)[C@@H](O)[C@H](O[C@H]3[C@H](O)[C@@H](O)[C@@H](O)O[C@@H]3CO)O[C@@H]2CO)O[C@H](CO)[C@H](O)[C@@H]1O[C@@H]1O[C@H](CO)[C@H](O)[C@H](O[C@]2(C(=O)O)C[C@H](O)[C@@H](NC(C)=O)[C@H]([C@H](O)[C@H](O)CO)O2)[C@H]1O. The highest BCUT2D eigenvalue weighted by molar-refractivity contribution is 5.76. The fraction of sp³-hybridized carbons (Fsp3) is 0.919. The summed E-state index contributed by atoms with van der Waals surface area (Å²) in [7, 11) is 0. The highest BCUT2D eigenvalue weighted by Crippen LogP contribution is 2.39. The minimum absolute atomic E-state index is 0.815. The van der Waals surface area contributed by atoms with E-state index in [9.17, 15) is 101 Å². The van der Waals surface area contributed by atoms with Gasteiger partial charge in [0.05, 0.1) is 45.2 Å². The van der Waals surface area contributed by atoms with E-state index in [1.54, 1.807) is 0 Å². The van der Waals surface area contributed by atoms with Crippen molar-refractivity contribution in [1.29, 1.82) is 0 Å². The average Bonchev–Trinajstić information content (AvgIpc) is 3.29. The zero-order valence-electron chi connectivity index (χ0n) is 36.2. The molecule has 5 aliphatic heterocycles. The Hall–Kier alpha value is -2.59. The summed E-state index contributed by atoms with van der Waals surface area (Å²) in [5, 5.41) is 185. The lowest BCUT2D eigenvalue weighted by Gasteiger charge is -2.51.